The van der Waals surface area contributed by atoms with Crippen LogP contribution in [0, 0.1) is 6.92 Å². The summed E-state index contributed by atoms with van der Waals surface area (Å²) >= 11 is 0. The number of rotatable bonds is 4. The van der Waals surface area contributed by atoms with Crippen LogP contribution in [0.25, 0.3) is 16.9 Å². The molecule has 2 aromatic heterocycles. The molecule has 146 valence electrons. The van der Waals surface area contributed by atoms with Crippen LogP contribution < -0.4 is 10.2 Å². The Morgan fingerprint density at radius 1 is 0.897 bits per heavy atom. The van der Waals surface area contributed by atoms with Gasteiger partial charge in [-0.25, -0.2) is 4.98 Å². The summed E-state index contributed by atoms with van der Waals surface area (Å²) in [6.07, 6.45) is 2.05. The van der Waals surface area contributed by atoms with Crippen LogP contribution in [-0.2, 0) is 4.74 Å². The summed E-state index contributed by atoms with van der Waals surface area (Å²) in [5, 5.41) is 3.57. The van der Waals surface area contributed by atoms with Gasteiger partial charge in [0, 0.05) is 36.2 Å². The standard InChI is InChI=1S/C24H24N4O/c1-18-5-9-20(10-6-18)25-24-23(26-22-4-2-3-13-28(22)24)19-7-11-21(12-8-19)27-14-16-29-17-15-27/h2-13,25H,14-17H2,1H3. The van der Waals surface area contributed by atoms with Gasteiger partial charge in [-0.3, -0.25) is 4.40 Å². The van der Waals surface area contributed by atoms with Crippen molar-refractivity contribution in [1.82, 2.24) is 9.38 Å². The minimum absolute atomic E-state index is 0.790. The van der Waals surface area contributed by atoms with Crippen molar-refractivity contribution >= 4 is 22.8 Å². The zero-order valence-electron chi connectivity index (χ0n) is 16.5. The molecule has 3 heterocycles. The average molecular weight is 384 g/mol. The van der Waals surface area contributed by atoms with Gasteiger partial charge in [-0.2, -0.15) is 0 Å². The van der Waals surface area contributed by atoms with Crippen LogP contribution in [0.3, 0.4) is 0 Å². The van der Waals surface area contributed by atoms with Crippen LogP contribution in [0.2, 0.25) is 0 Å². The fourth-order valence-corrected chi connectivity index (χ4v) is 3.74. The summed E-state index contributed by atoms with van der Waals surface area (Å²) in [7, 11) is 0. The van der Waals surface area contributed by atoms with Gasteiger partial charge < -0.3 is 15.0 Å². The summed E-state index contributed by atoms with van der Waals surface area (Å²) in [5.41, 5.74) is 6.49. The molecule has 0 amide bonds. The molecule has 5 heteroatoms. The molecule has 1 N–H and O–H groups in total. The number of imidazole rings is 1. The molecule has 0 spiro atoms. The molecule has 1 aliphatic heterocycles. The molecule has 0 radical (unpaired) electrons. The fraction of sp³-hybridized carbons (Fsp3) is 0.208. The van der Waals surface area contributed by atoms with Crippen molar-refractivity contribution in [1.29, 1.82) is 0 Å². The molecule has 29 heavy (non-hydrogen) atoms. The Kier molecular flexibility index (Phi) is 4.66. The number of anilines is 3. The fourth-order valence-electron chi connectivity index (χ4n) is 3.74. The number of ether oxygens (including phenoxy) is 1. The van der Waals surface area contributed by atoms with Crippen LogP contribution >= 0.6 is 0 Å². The van der Waals surface area contributed by atoms with E-state index in [0.29, 0.717) is 0 Å². The number of aryl methyl sites for hydroxylation is 1. The van der Waals surface area contributed by atoms with Crippen LogP contribution in [0.4, 0.5) is 17.2 Å². The van der Waals surface area contributed by atoms with E-state index >= 15 is 0 Å². The van der Waals surface area contributed by atoms with Crippen LogP contribution in [0.15, 0.2) is 72.9 Å². The van der Waals surface area contributed by atoms with Gasteiger partial charge in [-0.15, -0.1) is 0 Å². The third kappa shape index (κ3) is 3.57. The first kappa shape index (κ1) is 17.8. The number of aromatic nitrogens is 2. The molecule has 0 bridgehead atoms. The molecule has 1 fully saturated rings. The van der Waals surface area contributed by atoms with Gasteiger partial charge >= 0.3 is 0 Å². The monoisotopic (exact) mass is 384 g/mol. The van der Waals surface area contributed by atoms with E-state index in [0.717, 1.165) is 54.7 Å². The maximum Gasteiger partial charge on any atom is 0.143 e. The van der Waals surface area contributed by atoms with Crippen molar-refractivity contribution in [2.45, 2.75) is 6.92 Å². The minimum Gasteiger partial charge on any atom is -0.378 e. The zero-order chi connectivity index (χ0) is 19.6. The molecule has 1 aliphatic rings. The predicted molar refractivity (Wildman–Crippen MR) is 118 cm³/mol. The van der Waals surface area contributed by atoms with E-state index in [9.17, 15) is 0 Å². The highest BCUT2D eigenvalue weighted by Gasteiger charge is 2.16. The Hall–Kier alpha value is -3.31. The number of nitrogens with zero attached hydrogens (tertiary/aromatic N) is 3. The molecule has 0 saturated carbocycles. The van der Waals surface area contributed by atoms with E-state index in [4.69, 9.17) is 9.72 Å². The highest BCUT2D eigenvalue weighted by molar-refractivity contribution is 5.80. The molecule has 5 rings (SSSR count). The van der Waals surface area contributed by atoms with Crippen molar-refractivity contribution in [2.75, 3.05) is 36.5 Å². The molecule has 0 atom stereocenters. The Balaban J connectivity index is 1.52. The number of morpholine rings is 1. The van der Waals surface area contributed by atoms with Gasteiger partial charge in [0.05, 0.1) is 13.2 Å². The van der Waals surface area contributed by atoms with Crippen molar-refractivity contribution in [3.8, 4) is 11.3 Å². The van der Waals surface area contributed by atoms with E-state index in [1.165, 1.54) is 11.3 Å². The number of fused-ring (bicyclic) bond motifs is 1. The molecule has 4 aromatic rings. The van der Waals surface area contributed by atoms with Gasteiger partial charge in [0.15, 0.2) is 0 Å². The van der Waals surface area contributed by atoms with Gasteiger partial charge in [0.1, 0.15) is 17.2 Å². The summed E-state index contributed by atoms with van der Waals surface area (Å²) in [4.78, 5) is 7.27. The lowest BCUT2D eigenvalue weighted by molar-refractivity contribution is 0.122. The summed E-state index contributed by atoms with van der Waals surface area (Å²) in [5.74, 6) is 0.976. The largest absolute Gasteiger partial charge is 0.378 e. The van der Waals surface area contributed by atoms with Crippen molar-refractivity contribution in [2.24, 2.45) is 0 Å². The summed E-state index contributed by atoms with van der Waals surface area (Å²) in [6.45, 7) is 5.55. The number of pyridine rings is 1. The number of hydrogen-bond acceptors (Lipinski definition) is 4. The van der Waals surface area contributed by atoms with E-state index < -0.39 is 0 Å². The Morgan fingerprint density at radius 3 is 2.41 bits per heavy atom. The maximum absolute atomic E-state index is 5.46. The van der Waals surface area contributed by atoms with Crippen molar-refractivity contribution in [3.05, 3.63) is 78.5 Å². The average Bonchev–Trinajstić information content (AvgIpc) is 3.14. The zero-order valence-corrected chi connectivity index (χ0v) is 16.5. The molecule has 1 saturated heterocycles. The Labute approximate surface area is 170 Å². The topological polar surface area (TPSA) is 41.8 Å². The van der Waals surface area contributed by atoms with Gasteiger partial charge in [-0.1, -0.05) is 35.9 Å². The normalized spacial score (nSPS) is 14.3. The van der Waals surface area contributed by atoms with E-state index in [-0.39, 0.29) is 0 Å². The number of nitrogens with one attached hydrogen (secondary N) is 1. The van der Waals surface area contributed by atoms with Gasteiger partial charge in [0.2, 0.25) is 0 Å². The number of hydrogen-bond donors (Lipinski definition) is 1. The molecule has 2 aromatic carbocycles. The lowest BCUT2D eigenvalue weighted by atomic mass is 10.1. The predicted octanol–water partition coefficient (Wildman–Crippen LogP) is 4.89. The molecule has 5 nitrogen and oxygen atoms in total. The lowest BCUT2D eigenvalue weighted by Gasteiger charge is -2.28. The van der Waals surface area contributed by atoms with Gasteiger partial charge in [0.25, 0.3) is 0 Å². The first-order chi connectivity index (χ1) is 14.3. The molecular weight excluding hydrogens is 360 g/mol. The van der Waals surface area contributed by atoms with E-state index in [1.807, 2.05) is 24.4 Å². The smallest absolute Gasteiger partial charge is 0.143 e. The Bertz CT molecular complexity index is 1110. The molecule has 0 unspecified atom stereocenters. The highest BCUT2D eigenvalue weighted by Crippen LogP contribution is 2.32. The second-order valence-electron chi connectivity index (χ2n) is 7.38. The molecule has 0 aliphatic carbocycles. The highest BCUT2D eigenvalue weighted by atomic mass is 16.5. The third-order valence-corrected chi connectivity index (χ3v) is 5.36. The minimum atomic E-state index is 0.790. The lowest BCUT2D eigenvalue weighted by Crippen LogP contribution is -2.36. The van der Waals surface area contributed by atoms with Crippen LogP contribution in [-0.4, -0.2) is 35.7 Å². The van der Waals surface area contributed by atoms with E-state index in [2.05, 4.69) is 70.1 Å². The second kappa shape index (κ2) is 7.60. The van der Waals surface area contributed by atoms with Crippen molar-refractivity contribution in [3.63, 3.8) is 0 Å². The maximum atomic E-state index is 5.46. The first-order valence-electron chi connectivity index (χ1n) is 10.0. The quantitative estimate of drug-likeness (QED) is 0.544. The molecular formula is C24H24N4O. The van der Waals surface area contributed by atoms with Crippen LogP contribution in [0.5, 0.6) is 0 Å². The third-order valence-electron chi connectivity index (χ3n) is 5.36. The van der Waals surface area contributed by atoms with Crippen LogP contribution in [0.1, 0.15) is 5.56 Å². The first-order valence-corrected chi connectivity index (χ1v) is 10.0. The summed E-state index contributed by atoms with van der Waals surface area (Å²) in [6, 6.07) is 23.2. The van der Waals surface area contributed by atoms with Gasteiger partial charge in [-0.05, 0) is 43.3 Å². The SMILES string of the molecule is Cc1ccc(Nc2c(-c3ccc(N4CCOCC4)cc3)nc3ccccn23)cc1. The number of benzene rings is 2. The summed E-state index contributed by atoms with van der Waals surface area (Å²) < 4.78 is 7.57. The Morgan fingerprint density at radius 2 is 1.66 bits per heavy atom. The van der Waals surface area contributed by atoms with E-state index in [1.54, 1.807) is 0 Å². The van der Waals surface area contributed by atoms with Crippen molar-refractivity contribution < 1.29 is 4.74 Å². The second-order valence-corrected chi connectivity index (χ2v) is 7.38.